The van der Waals surface area contributed by atoms with E-state index in [0.29, 0.717) is 41.0 Å². The Labute approximate surface area is 220 Å². The Hall–Kier alpha value is -4.05. The Bertz CT molecular complexity index is 1530. The van der Waals surface area contributed by atoms with Gasteiger partial charge in [0.05, 0.1) is 18.4 Å². The fraction of sp³-hybridized carbons (Fsp3) is 0.250. The molecule has 2 heterocycles. The molecule has 2 aromatic heterocycles. The summed E-state index contributed by atoms with van der Waals surface area (Å²) < 4.78 is 47.6. The number of pyridine rings is 1. The van der Waals surface area contributed by atoms with Crippen molar-refractivity contribution in [1.29, 1.82) is 0 Å². The van der Waals surface area contributed by atoms with Crippen LogP contribution < -0.4 is 10.1 Å². The van der Waals surface area contributed by atoms with E-state index in [9.17, 15) is 17.6 Å². The van der Waals surface area contributed by atoms with Crippen molar-refractivity contribution in [3.63, 3.8) is 0 Å². The van der Waals surface area contributed by atoms with Crippen molar-refractivity contribution in [3.8, 4) is 16.9 Å². The zero-order valence-corrected chi connectivity index (χ0v) is 22.1. The number of nitrogens with one attached hydrogen (secondary N) is 1. The van der Waals surface area contributed by atoms with Crippen molar-refractivity contribution >= 4 is 21.3 Å². The molecule has 4 rings (SSSR count). The summed E-state index contributed by atoms with van der Waals surface area (Å²) in [6.45, 7) is 1.85. The molecule has 0 spiro atoms. The van der Waals surface area contributed by atoms with Gasteiger partial charge in [0.15, 0.2) is 5.69 Å². The lowest BCUT2D eigenvalue weighted by Gasteiger charge is -2.20. The van der Waals surface area contributed by atoms with Crippen molar-refractivity contribution in [3.05, 3.63) is 95.4 Å². The topological polar surface area (TPSA) is 111 Å². The van der Waals surface area contributed by atoms with E-state index in [1.54, 1.807) is 36.5 Å². The fourth-order valence-electron chi connectivity index (χ4n) is 4.07. The number of aromatic nitrogens is 2. The average Bonchev–Trinajstić information content (AvgIpc) is 3.37. The van der Waals surface area contributed by atoms with Crippen LogP contribution >= 0.6 is 0 Å². The molecule has 4 aromatic rings. The largest absolute Gasteiger partial charge is 0.497 e. The molecular formula is C28H28FN3O5S. The van der Waals surface area contributed by atoms with Gasteiger partial charge in [-0.1, -0.05) is 23.4 Å². The molecule has 198 valence electrons. The van der Waals surface area contributed by atoms with E-state index in [2.05, 4.69) is 15.5 Å². The third-order valence-electron chi connectivity index (χ3n) is 5.96. The van der Waals surface area contributed by atoms with E-state index in [0.717, 1.165) is 11.3 Å². The lowest BCUT2D eigenvalue weighted by atomic mass is 9.96. The smallest absolute Gasteiger partial charge is 0.212 e. The molecule has 0 fully saturated rings. The SMILES string of the molecule is COc1cc(CCCS(C)(=O)=O)cc(NC(C(=O)c2nocc2-c2cccc(F)c2)c2ccc(C)nc2)c1. The summed E-state index contributed by atoms with van der Waals surface area (Å²) in [6, 6.07) is 14.0. The Morgan fingerprint density at radius 2 is 1.97 bits per heavy atom. The number of hydrogen-bond acceptors (Lipinski definition) is 8. The first-order valence-corrected chi connectivity index (χ1v) is 14.0. The van der Waals surface area contributed by atoms with Crippen LogP contribution in [0.5, 0.6) is 5.75 Å². The number of benzene rings is 2. The number of Topliss-reactive ketones (excluding diaryl/α,β-unsaturated/α-hetero) is 1. The van der Waals surface area contributed by atoms with Gasteiger partial charge in [0.25, 0.3) is 0 Å². The van der Waals surface area contributed by atoms with E-state index < -0.39 is 27.5 Å². The van der Waals surface area contributed by atoms with Crippen LogP contribution in [0.1, 0.15) is 39.8 Å². The molecule has 0 aliphatic rings. The van der Waals surface area contributed by atoms with Gasteiger partial charge in [0.1, 0.15) is 33.7 Å². The van der Waals surface area contributed by atoms with E-state index in [4.69, 9.17) is 9.26 Å². The number of rotatable bonds is 11. The van der Waals surface area contributed by atoms with Crippen LogP contribution in [0.25, 0.3) is 11.1 Å². The minimum Gasteiger partial charge on any atom is -0.497 e. The maximum Gasteiger partial charge on any atom is 0.212 e. The third-order valence-corrected chi connectivity index (χ3v) is 6.99. The van der Waals surface area contributed by atoms with Crippen molar-refractivity contribution in [1.82, 2.24) is 10.1 Å². The number of ether oxygens (including phenoxy) is 1. The Morgan fingerprint density at radius 3 is 2.66 bits per heavy atom. The van der Waals surface area contributed by atoms with Crippen LogP contribution in [0.3, 0.4) is 0 Å². The molecule has 38 heavy (non-hydrogen) atoms. The second kappa shape index (κ2) is 11.6. The van der Waals surface area contributed by atoms with Crippen LogP contribution in [0.15, 0.2) is 71.6 Å². The Balaban J connectivity index is 1.70. The molecule has 1 atom stereocenters. The number of nitrogens with zero attached hydrogens (tertiary/aromatic N) is 2. The third kappa shape index (κ3) is 6.83. The van der Waals surface area contributed by atoms with Crippen LogP contribution in [-0.4, -0.2) is 43.5 Å². The number of aryl methyl sites for hydroxylation is 2. The first-order valence-electron chi connectivity index (χ1n) is 11.9. The van der Waals surface area contributed by atoms with E-state index in [-0.39, 0.29) is 11.4 Å². The normalized spacial score (nSPS) is 12.2. The highest BCUT2D eigenvalue weighted by Gasteiger charge is 2.28. The van der Waals surface area contributed by atoms with Crippen molar-refractivity contribution in [2.24, 2.45) is 0 Å². The van der Waals surface area contributed by atoms with Gasteiger partial charge in [-0.05, 0) is 61.2 Å². The van der Waals surface area contributed by atoms with Crippen molar-refractivity contribution in [2.45, 2.75) is 25.8 Å². The van der Waals surface area contributed by atoms with Crippen molar-refractivity contribution in [2.75, 3.05) is 24.4 Å². The van der Waals surface area contributed by atoms with E-state index in [1.807, 2.05) is 19.1 Å². The monoisotopic (exact) mass is 537 g/mol. The van der Waals surface area contributed by atoms with Crippen molar-refractivity contribution < 1.29 is 26.9 Å². The highest BCUT2D eigenvalue weighted by atomic mass is 32.2. The number of hydrogen-bond donors (Lipinski definition) is 1. The number of sulfone groups is 1. The molecule has 0 amide bonds. The predicted octanol–water partition coefficient (Wildman–Crippen LogP) is 5.21. The van der Waals surface area contributed by atoms with Gasteiger partial charge in [0.2, 0.25) is 5.78 Å². The van der Waals surface area contributed by atoms with Gasteiger partial charge in [-0.25, -0.2) is 12.8 Å². The fourth-order valence-corrected chi connectivity index (χ4v) is 4.74. The quantitative estimate of drug-likeness (QED) is 0.260. The minimum absolute atomic E-state index is 0.0462. The average molecular weight is 538 g/mol. The minimum atomic E-state index is -3.08. The maximum atomic E-state index is 13.9. The second-order valence-corrected chi connectivity index (χ2v) is 11.3. The molecule has 0 radical (unpaired) electrons. The van der Waals surface area contributed by atoms with Crippen LogP contribution in [0, 0.1) is 12.7 Å². The van der Waals surface area contributed by atoms with E-state index in [1.165, 1.54) is 31.8 Å². The van der Waals surface area contributed by atoms with Crippen LogP contribution in [0.4, 0.5) is 10.1 Å². The lowest BCUT2D eigenvalue weighted by Crippen LogP contribution is -2.22. The molecule has 10 heteroatoms. The van der Waals surface area contributed by atoms with Gasteiger partial charge in [0, 0.05) is 35.5 Å². The summed E-state index contributed by atoms with van der Waals surface area (Å²) in [6.07, 6.45) is 5.10. The van der Waals surface area contributed by atoms with E-state index >= 15 is 0 Å². The van der Waals surface area contributed by atoms with Gasteiger partial charge in [-0.2, -0.15) is 0 Å². The lowest BCUT2D eigenvalue weighted by molar-refractivity contribution is 0.0961. The summed E-state index contributed by atoms with van der Waals surface area (Å²) in [5.74, 6) is -0.220. The highest BCUT2D eigenvalue weighted by molar-refractivity contribution is 7.90. The molecule has 1 unspecified atom stereocenters. The van der Waals surface area contributed by atoms with Gasteiger partial charge < -0.3 is 14.6 Å². The molecule has 2 aromatic carbocycles. The van der Waals surface area contributed by atoms with Crippen LogP contribution in [0.2, 0.25) is 0 Å². The number of ketones is 1. The summed E-state index contributed by atoms with van der Waals surface area (Å²) in [4.78, 5) is 18.2. The molecule has 0 bridgehead atoms. The molecule has 0 saturated heterocycles. The molecule has 0 saturated carbocycles. The highest BCUT2D eigenvalue weighted by Crippen LogP contribution is 2.31. The van der Waals surface area contributed by atoms with Gasteiger partial charge >= 0.3 is 0 Å². The number of halogens is 1. The van der Waals surface area contributed by atoms with Gasteiger partial charge in [-0.15, -0.1) is 0 Å². The molecule has 0 aliphatic carbocycles. The summed E-state index contributed by atoms with van der Waals surface area (Å²) in [7, 11) is -1.55. The Kier molecular flexibility index (Phi) is 8.21. The van der Waals surface area contributed by atoms with Crippen LogP contribution in [-0.2, 0) is 16.3 Å². The first kappa shape index (κ1) is 27.0. The first-order chi connectivity index (χ1) is 18.1. The standard InChI is InChI=1S/C28H28FN3O5S/c1-18-9-10-21(16-30-18)26(28(33)27-25(17-37-32-27)20-7-4-8-22(29)14-20)31-23-12-19(13-24(15-23)36-2)6-5-11-38(3,34)35/h4,7-10,12-17,26,31H,5-6,11H2,1-3H3. The zero-order chi connectivity index (χ0) is 27.3. The number of carbonyl (C=O) groups excluding carboxylic acids is 1. The summed E-state index contributed by atoms with van der Waals surface area (Å²) in [5, 5.41) is 7.22. The zero-order valence-electron chi connectivity index (χ0n) is 21.3. The molecule has 0 aliphatic heterocycles. The predicted molar refractivity (Wildman–Crippen MR) is 143 cm³/mol. The summed E-state index contributed by atoms with van der Waals surface area (Å²) in [5.41, 5.74) is 3.70. The van der Waals surface area contributed by atoms with Gasteiger partial charge in [-0.3, -0.25) is 9.78 Å². The number of anilines is 1. The molecular weight excluding hydrogens is 509 g/mol. The Morgan fingerprint density at radius 1 is 1.16 bits per heavy atom. The second-order valence-electron chi connectivity index (χ2n) is 9.06. The number of methoxy groups -OCH3 is 1. The molecule has 8 nitrogen and oxygen atoms in total. The maximum absolute atomic E-state index is 13.9. The number of carbonyl (C=O) groups is 1. The summed E-state index contributed by atoms with van der Waals surface area (Å²) >= 11 is 0. The molecule has 1 N–H and O–H groups in total.